The van der Waals surface area contributed by atoms with Crippen molar-refractivity contribution in [1.29, 1.82) is 0 Å². The van der Waals surface area contributed by atoms with Gasteiger partial charge in [0.25, 0.3) is 0 Å². The zero-order chi connectivity index (χ0) is 24.4. The van der Waals surface area contributed by atoms with Gasteiger partial charge in [-0.1, -0.05) is 150 Å². The van der Waals surface area contributed by atoms with Gasteiger partial charge in [0, 0.05) is 6.04 Å². The van der Waals surface area contributed by atoms with E-state index in [1.807, 2.05) is 0 Å². The summed E-state index contributed by atoms with van der Waals surface area (Å²) < 4.78 is 0. The average Bonchev–Trinajstić information content (AvgIpc) is 2.83. The van der Waals surface area contributed by atoms with Crippen LogP contribution < -0.4 is 0 Å². The van der Waals surface area contributed by atoms with Crippen molar-refractivity contribution in [2.75, 3.05) is 13.1 Å². The van der Waals surface area contributed by atoms with Crippen LogP contribution in [-0.2, 0) is 0 Å². The molecular formula is C32H66N. The van der Waals surface area contributed by atoms with Gasteiger partial charge in [-0.3, -0.25) is 0 Å². The summed E-state index contributed by atoms with van der Waals surface area (Å²) in [4.78, 5) is 2.78. The van der Waals surface area contributed by atoms with Crippen LogP contribution >= 0.6 is 0 Å². The van der Waals surface area contributed by atoms with E-state index in [9.17, 15) is 0 Å². The summed E-state index contributed by atoms with van der Waals surface area (Å²) in [6.07, 6.45) is 33.9. The maximum absolute atomic E-state index is 2.78. The van der Waals surface area contributed by atoms with Gasteiger partial charge in [-0.2, -0.15) is 0 Å². The molecule has 0 aromatic heterocycles. The van der Waals surface area contributed by atoms with Gasteiger partial charge in [0.15, 0.2) is 0 Å². The van der Waals surface area contributed by atoms with Gasteiger partial charge >= 0.3 is 0 Å². The van der Waals surface area contributed by atoms with E-state index >= 15 is 0 Å². The monoisotopic (exact) mass is 465 g/mol. The number of hydrogen-bond donors (Lipinski definition) is 0. The summed E-state index contributed by atoms with van der Waals surface area (Å²) in [7, 11) is 0. The molecule has 0 aromatic carbocycles. The molecule has 0 aromatic rings. The lowest BCUT2D eigenvalue weighted by molar-refractivity contribution is 0.196. The van der Waals surface area contributed by atoms with Crippen molar-refractivity contribution in [2.24, 2.45) is 5.92 Å². The lowest BCUT2D eigenvalue weighted by Crippen LogP contribution is -2.35. The standard InChI is InChI=1S/C32H66N/c1-6-10-14-16-17-18-19-20-21-22-24-26-32(25-23-15-11-7-2)28-27-31(5)33(29-12-8-3)30-13-9-4/h28,31-32H,6-27,29-30H2,1-5H3. The average molecular weight is 465 g/mol. The van der Waals surface area contributed by atoms with Gasteiger partial charge in [0.1, 0.15) is 0 Å². The smallest absolute Gasteiger partial charge is 0.00697 e. The summed E-state index contributed by atoms with van der Waals surface area (Å²) in [5.74, 6) is 0.863. The minimum absolute atomic E-state index is 0.721. The lowest BCUT2D eigenvalue weighted by atomic mass is 9.89. The number of rotatable bonds is 27. The van der Waals surface area contributed by atoms with E-state index in [2.05, 4.69) is 45.9 Å². The molecule has 0 fully saturated rings. The molecule has 1 heteroatoms. The Kier molecular flexibility index (Phi) is 26.5. The molecule has 0 aliphatic rings. The summed E-state index contributed by atoms with van der Waals surface area (Å²) in [5, 5.41) is 0. The highest BCUT2D eigenvalue weighted by Crippen LogP contribution is 2.24. The zero-order valence-electron chi connectivity index (χ0n) is 24.1. The molecule has 1 radical (unpaired) electrons. The number of hydrogen-bond acceptors (Lipinski definition) is 1. The van der Waals surface area contributed by atoms with Gasteiger partial charge in [-0.15, -0.1) is 0 Å². The molecule has 2 atom stereocenters. The third kappa shape index (κ3) is 22.2. The van der Waals surface area contributed by atoms with E-state index in [-0.39, 0.29) is 0 Å². The van der Waals surface area contributed by atoms with Crippen molar-refractivity contribution in [3.05, 3.63) is 6.42 Å². The van der Waals surface area contributed by atoms with Crippen molar-refractivity contribution in [3.63, 3.8) is 0 Å². The fourth-order valence-corrected chi connectivity index (χ4v) is 5.10. The van der Waals surface area contributed by atoms with E-state index in [0.717, 1.165) is 12.0 Å². The fraction of sp³-hybridized carbons (Fsp3) is 0.969. The van der Waals surface area contributed by atoms with E-state index in [4.69, 9.17) is 0 Å². The summed E-state index contributed by atoms with van der Waals surface area (Å²) in [6, 6.07) is 0.721. The quantitative estimate of drug-likeness (QED) is 0.109. The van der Waals surface area contributed by atoms with Gasteiger partial charge < -0.3 is 4.90 Å². The molecule has 2 unspecified atom stereocenters. The molecule has 1 nitrogen and oxygen atoms in total. The molecule has 0 saturated heterocycles. The topological polar surface area (TPSA) is 3.24 Å². The second-order valence-corrected chi connectivity index (χ2v) is 11.0. The molecule has 0 heterocycles. The first kappa shape index (κ1) is 33.0. The Labute approximate surface area is 212 Å². The molecule has 199 valence electrons. The highest BCUT2D eigenvalue weighted by atomic mass is 15.1. The van der Waals surface area contributed by atoms with Crippen LogP contribution in [0.5, 0.6) is 0 Å². The Morgan fingerprint density at radius 1 is 0.485 bits per heavy atom. The van der Waals surface area contributed by atoms with Crippen LogP contribution in [0.25, 0.3) is 0 Å². The van der Waals surface area contributed by atoms with Crippen molar-refractivity contribution >= 4 is 0 Å². The van der Waals surface area contributed by atoms with Crippen LogP contribution in [-0.4, -0.2) is 24.0 Å². The van der Waals surface area contributed by atoms with E-state index in [1.165, 1.54) is 154 Å². The minimum Gasteiger partial charge on any atom is -0.301 e. The van der Waals surface area contributed by atoms with Gasteiger partial charge in [0.2, 0.25) is 0 Å². The van der Waals surface area contributed by atoms with Crippen LogP contribution in [0, 0.1) is 12.3 Å². The van der Waals surface area contributed by atoms with E-state index < -0.39 is 0 Å². The van der Waals surface area contributed by atoms with Gasteiger partial charge in [-0.25, -0.2) is 0 Å². The first-order chi connectivity index (χ1) is 16.2. The fourth-order valence-electron chi connectivity index (χ4n) is 5.10. The van der Waals surface area contributed by atoms with Crippen LogP contribution in [0.2, 0.25) is 0 Å². The maximum Gasteiger partial charge on any atom is 0.00697 e. The SMILES string of the molecule is CCCCCCCCCCCCCC([CH]CC(C)N(CCCC)CCCC)CCCCCC. The van der Waals surface area contributed by atoms with Crippen molar-refractivity contribution in [3.8, 4) is 0 Å². The first-order valence-corrected chi connectivity index (χ1v) is 15.8. The predicted molar refractivity (Wildman–Crippen MR) is 153 cm³/mol. The zero-order valence-corrected chi connectivity index (χ0v) is 24.1. The summed E-state index contributed by atoms with van der Waals surface area (Å²) >= 11 is 0. The number of unbranched alkanes of at least 4 members (excludes halogenated alkanes) is 15. The van der Waals surface area contributed by atoms with Crippen LogP contribution in [0.15, 0.2) is 0 Å². The van der Waals surface area contributed by atoms with Crippen LogP contribution in [0.1, 0.15) is 176 Å². The molecule has 0 N–H and O–H groups in total. The highest BCUT2D eigenvalue weighted by Gasteiger charge is 2.16. The second kappa shape index (κ2) is 26.6. The van der Waals surface area contributed by atoms with Crippen molar-refractivity contribution < 1.29 is 0 Å². The predicted octanol–water partition coefficient (Wildman–Crippen LogP) is 11.2. The third-order valence-corrected chi connectivity index (χ3v) is 7.64. The normalized spacial score (nSPS) is 13.6. The summed E-state index contributed by atoms with van der Waals surface area (Å²) in [5.41, 5.74) is 0. The molecule has 0 saturated carbocycles. The molecule has 0 bridgehead atoms. The van der Waals surface area contributed by atoms with Crippen LogP contribution in [0.4, 0.5) is 0 Å². The Hall–Kier alpha value is -0.0400. The highest BCUT2D eigenvalue weighted by molar-refractivity contribution is 4.82. The molecule has 33 heavy (non-hydrogen) atoms. The molecular weight excluding hydrogens is 398 g/mol. The maximum atomic E-state index is 2.78. The third-order valence-electron chi connectivity index (χ3n) is 7.64. The molecule has 0 amide bonds. The van der Waals surface area contributed by atoms with E-state index in [0.29, 0.717) is 0 Å². The molecule has 0 spiro atoms. The Morgan fingerprint density at radius 3 is 1.27 bits per heavy atom. The molecule has 0 rings (SSSR count). The molecule has 0 aliphatic heterocycles. The molecule has 0 aliphatic carbocycles. The minimum atomic E-state index is 0.721. The van der Waals surface area contributed by atoms with Gasteiger partial charge in [0.05, 0.1) is 0 Å². The first-order valence-electron chi connectivity index (χ1n) is 15.8. The summed E-state index contributed by atoms with van der Waals surface area (Å²) in [6.45, 7) is 14.4. The van der Waals surface area contributed by atoms with Crippen molar-refractivity contribution in [2.45, 2.75) is 182 Å². The largest absolute Gasteiger partial charge is 0.301 e. The van der Waals surface area contributed by atoms with Crippen LogP contribution in [0.3, 0.4) is 0 Å². The van der Waals surface area contributed by atoms with Crippen molar-refractivity contribution in [1.82, 2.24) is 4.90 Å². The van der Waals surface area contributed by atoms with Gasteiger partial charge in [-0.05, 0) is 51.6 Å². The number of nitrogens with zero attached hydrogens (tertiary/aromatic N) is 1. The Morgan fingerprint density at radius 2 is 0.848 bits per heavy atom. The second-order valence-electron chi connectivity index (χ2n) is 11.0. The Balaban J connectivity index is 4.17. The lowest BCUT2D eigenvalue weighted by Gasteiger charge is -2.30. The van der Waals surface area contributed by atoms with E-state index in [1.54, 1.807) is 0 Å². The Bertz CT molecular complexity index is 344.